The number of hydrogen-bond donors (Lipinski definition) is 3. The third-order valence-corrected chi connectivity index (χ3v) is 9.05. The fourth-order valence-electron chi connectivity index (χ4n) is 6.56. The Morgan fingerprint density at radius 1 is 0.791 bits per heavy atom. The molecule has 0 aromatic heterocycles. The van der Waals surface area contributed by atoms with Gasteiger partial charge in [-0.25, -0.2) is 4.79 Å². The summed E-state index contributed by atoms with van der Waals surface area (Å²) >= 11 is 0. The Hall–Kier alpha value is -3.72. The van der Waals surface area contributed by atoms with Crippen LogP contribution in [0, 0.1) is 11.8 Å². The molecule has 226 valence electrons. The molecule has 6 rings (SSSR count). The number of nitrogens with one attached hydrogen (secondary N) is 3. The third-order valence-electron chi connectivity index (χ3n) is 9.05. The topological polar surface area (TPSA) is 85.9 Å². The van der Waals surface area contributed by atoms with Gasteiger partial charge in [0.1, 0.15) is 0 Å². The zero-order chi connectivity index (χ0) is 29.4. The molecule has 1 aliphatic carbocycles. The van der Waals surface area contributed by atoms with Crippen molar-refractivity contribution in [2.45, 2.75) is 37.5 Å². The lowest BCUT2D eigenvalue weighted by Crippen LogP contribution is -2.64. The van der Waals surface area contributed by atoms with Crippen LogP contribution >= 0.6 is 0 Å². The molecule has 1 saturated carbocycles. The first-order chi connectivity index (χ1) is 21.2. The molecule has 3 aromatic rings. The summed E-state index contributed by atoms with van der Waals surface area (Å²) in [5, 5.41) is 9.71. The fourth-order valence-corrected chi connectivity index (χ4v) is 6.56. The summed E-state index contributed by atoms with van der Waals surface area (Å²) in [6, 6.07) is 30.5. The zero-order valence-electron chi connectivity index (χ0n) is 24.7. The van der Waals surface area contributed by atoms with Crippen molar-refractivity contribution in [2.24, 2.45) is 11.8 Å². The first-order valence-electron chi connectivity index (χ1n) is 15.7. The van der Waals surface area contributed by atoms with Crippen LogP contribution in [0.15, 0.2) is 91.0 Å². The number of carbonyl (C=O) groups excluding carboxylic acids is 2. The number of likely N-dealkylation sites (tertiary alicyclic amines) is 1. The third kappa shape index (κ3) is 7.63. The zero-order valence-corrected chi connectivity index (χ0v) is 24.7. The Morgan fingerprint density at radius 2 is 1.40 bits per heavy atom. The van der Waals surface area contributed by atoms with Gasteiger partial charge in [-0.2, -0.15) is 0 Å². The molecule has 3 atom stereocenters. The molecule has 3 aromatic carbocycles. The number of nitrogens with zero attached hydrogens (tertiary/aromatic N) is 2. The molecule has 3 N–H and O–H groups in total. The maximum atomic E-state index is 13.3. The minimum atomic E-state index is -0.222. The number of ether oxygens (including phenoxy) is 1. The highest BCUT2D eigenvalue weighted by atomic mass is 16.5. The van der Waals surface area contributed by atoms with Crippen molar-refractivity contribution in [3.05, 3.63) is 108 Å². The Kier molecular flexibility index (Phi) is 9.67. The predicted molar refractivity (Wildman–Crippen MR) is 168 cm³/mol. The first-order valence-corrected chi connectivity index (χ1v) is 15.7. The van der Waals surface area contributed by atoms with Crippen molar-refractivity contribution in [3.8, 4) is 0 Å². The normalized spacial score (nSPS) is 23.0. The molecule has 0 radical (unpaired) electrons. The lowest BCUT2D eigenvalue weighted by Gasteiger charge is -2.51. The van der Waals surface area contributed by atoms with Gasteiger partial charge in [-0.1, -0.05) is 78.9 Å². The van der Waals surface area contributed by atoms with Gasteiger partial charge in [0.15, 0.2) is 0 Å². The maximum Gasteiger partial charge on any atom is 0.316 e. The van der Waals surface area contributed by atoms with Gasteiger partial charge >= 0.3 is 6.03 Å². The van der Waals surface area contributed by atoms with Crippen LogP contribution in [0.3, 0.4) is 0 Å². The van der Waals surface area contributed by atoms with Gasteiger partial charge in [0.2, 0.25) is 0 Å². The lowest BCUT2D eigenvalue weighted by atomic mass is 9.84. The highest BCUT2D eigenvalue weighted by Crippen LogP contribution is 2.37. The summed E-state index contributed by atoms with van der Waals surface area (Å²) in [7, 11) is 0. The van der Waals surface area contributed by atoms with Crippen LogP contribution in [0.5, 0.6) is 0 Å². The molecule has 2 heterocycles. The van der Waals surface area contributed by atoms with Crippen molar-refractivity contribution in [2.75, 3.05) is 45.9 Å². The molecule has 0 spiro atoms. The second-order valence-electron chi connectivity index (χ2n) is 12.0. The quantitative estimate of drug-likeness (QED) is 0.333. The van der Waals surface area contributed by atoms with Crippen LogP contribution in [0.1, 0.15) is 46.8 Å². The van der Waals surface area contributed by atoms with E-state index in [9.17, 15) is 9.59 Å². The van der Waals surface area contributed by atoms with Crippen molar-refractivity contribution >= 4 is 11.9 Å². The summed E-state index contributed by atoms with van der Waals surface area (Å²) in [5.74, 6) is 0.672. The highest BCUT2D eigenvalue weighted by molar-refractivity contribution is 5.94. The second-order valence-corrected chi connectivity index (χ2v) is 12.0. The molecule has 2 saturated heterocycles. The summed E-state index contributed by atoms with van der Waals surface area (Å²) < 4.78 is 5.73. The monoisotopic (exact) mass is 581 g/mol. The van der Waals surface area contributed by atoms with Crippen LogP contribution in [0.2, 0.25) is 0 Å². The number of carbonyl (C=O) groups is 2. The lowest BCUT2D eigenvalue weighted by molar-refractivity contribution is -0.0457. The van der Waals surface area contributed by atoms with Gasteiger partial charge in [-0.3, -0.25) is 14.6 Å². The van der Waals surface area contributed by atoms with Crippen LogP contribution in [-0.2, 0) is 4.74 Å². The summed E-state index contributed by atoms with van der Waals surface area (Å²) in [6.07, 6.45) is 2.86. The van der Waals surface area contributed by atoms with E-state index in [1.807, 2.05) is 42.5 Å². The Morgan fingerprint density at radius 3 is 2.00 bits per heavy atom. The molecule has 2 aliphatic heterocycles. The number of urea groups is 1. The van der Waals surface area contributed by atoms with Crippen molar-refractivity contribution in [1.29, 1.82) is 0 Å². The van der Waals surface area contributed by atoms with Crippen LogP contribution < -0.4 is 16.0 Å². The van der Waals surface area contributed by atoms with Crippen molar-refractivity contribution < 1.29 is 14.3 Å². The molecule has 3 fully saturated rings. The molecule has 3 amide bonds. The molecule has 3 unspecified atom stereocenters. The van der Waals surface area contributed by atoms with Crippen molar-refractivity contribution in [3.63, 3.8) is 0 Å². The smallest absolute Gasteiger partial charge is 0.316 e. The fraction of sp³-hybridized carbons (Fsp3) is 0.429. The molecular weight excluding hydrogens is 538 g/mol. The predicted octanol–water partition coefficient (Wildman–Crippen LogP) is 4.26. The Balaban J connectivity index is 1.31. The molecule has 3 aliphatic rings. The average Bonchev–Trinajstić information content (AvgIpc) is 3.90. The van der Waals surface area contributed by atoms with Crippen molar-refractivity contribution in [1.82, 2.24) is 25.8 Å². The number of hydrogen-bond acceptors (Lipinski definition) is 5. The van der Waals surface area contributed by atoms with E-state index < -0.39 is 0 Å². The molecule has 8 nitrogen and oxygen atoms in total. The standard InChI is InChI=1S/C35H43N5O3/c41-34(29-14-8-3-9-15-29)36-24-30-22-32(38-35(42)37-23-26-16-17-26)40(25-31(30)39-18-20-43-21-19-39)33(27-10-4-1-5-11-27)28-12-6-2-7-13-28/h1-15,26,30-33H,16-25H2,(H,36,41)(H2,37,38,42). The average molecular weight is 582 g/mol. The number of piperidine rings is 1. The molecule has 43 heavy (non-hydrogen) atoms. The second kappa shape index (κ2) is 14.2. The largest absolute Gasteiger partial charge is 0.379 e. The molecule has 0 bridgehead atoms. The molecular formula is C35H43N5O3. The first kappa shape index (κ1) is 29.4. The maximum absolute atomic E-state index is 13.3. The van der Waals surface area contributed by atoms with E-state index in [0.717, 1.165) is 19.6 Å². The van der Waals surface area contributed by atoms with Gasteiger partial charge in [0, 0.05) is 44.3 Å². The Labute approximate surface area is 254 Å². The number of benzene rings is 3. The van der Waals surface area contributed by atoms with Gasteiger partial charge in [-0.15, -0.1) is 0 Å². The number of amides is 3. The van der Waals surface area contributed by atoms with Crippen LogP contribution in [0.25, 0.3) is 0 Å². The van der Waals surface area contributed by atoms with E-state index in [2.05, 4.69) is 74.3 Å². The summed E-state index contributed by atoms with van der Waals surface area (Å²) in [6.45, 7) is 5.09. The van der Waals surface area contributed by atoms with E-state index in [-0.39, 0.29) is 36.1 Å². The van der Waals surface area contributed by atoms with Gasteiger partial charge in [-0.05, 0) is 54.4 Å². The SMILES string of the molecule is O=C(NCC1CC1)NC1CC(CNC(=O)c2ccccc2)C(N2CCOCC2)CN1C(c1ccccc1)c1ccccc1. The summed E-state index contributed by atoms with van der Waals surface area (Å²) in [5.41, 5.74) is 3.04. The summed E-state index contributed by atoms with van der Waals surface area (Å²) in [4.78, 5) is 31.4. The number of rotatable bonds is 10. The van der Waals surface area contributed by atoms with E-state index in [1.54, 1.807) is 0 Å². The van der Waals surface area contributed by atoms with E-state index in [1.165, 1.54) is 24.0 Å². The highest BCUT2D eigenvalue weighted by Gasteiger charge is 2.43. The van der Waals surface area contributed by atoms with Gasteiger partial charge < -0.3 is 20.7 Å². The van der Waals surface area contributed by atoms with Crippen LogP contribution in [-0.4, -0.2) is 79.9 Å². The van der Waals surface area contributed by atoms with Gasteiger partial charge in [0.25, 0.3) is 5.91 Å². The van der Waals surface area contributed by atoms with E-state index in [0.29, 0.717) is 44.2 Å². The van der Waals surface area contributed by atoms with E-state index in [4.69, 9.17) is 4.74 Å². The number of morpholine rings is 1. The Bertz CT molecular complexity index is 1280. The van der Waals surface area contributed by atoms with Gasteiger partial charge in [0.05, 0.1) is 25.4 Å². The minimum Gasteiger partial charge on any atom is -0.379 e. The molecule has 8 heteroatoms. The van der Waals surface area contributed by atoms with Crippen LogP contribution in [0.4, 0.5) is 4.79 Å². The minimum absolute atomic E-state index is 0.0421. The van der Waals surface area contributed by atoms with E-state index >= 15 is 0 Å².